The molecule has 3 heterocycles. The Morgan fingerprint density at radius 1 is 1.25 bits per heavy atom. The molecular weight excluding hydrogens is 312 g/mol. The molecule has 8 nitrogen and oxygen atoms in total. The first-order chi connectivity index (χ1) is 11.7. The summed E-state index contributed by atoms with van der Waals surface area (Å²) in [4.78, 5) is 28.5. The SMILES string of the molecule is O=C(CN(CCN1CCCC1)C(=O)c1ccco1)Nc1ccon1. The monoisotopic (exact) mass is 332 g/mol. The van der Waals surface area contributed by atoms with Crippen LogP contribution in [-0.2, 0) is 4.79 Å². The lowest BCUT2D eigenvalue weighted by atomic mass is 10.3. The van der Waals surface area contributed by atoms with Crippen molar-refractivity contribution in [1.29, 1.82) is 0 Å². The number of carbonyl (C=O) groups is 2. The summed E-state index contributed by atoms with van der Waals surface area (Å²) in [5.41, 5.74) is 0. The van der Waals surface area contributed by atoms with Crippen molar-refractivity contribution in [2.75, 3.05) is 38.0 Å². The third-order valence-corrected chi connectivity index (χ3v) is 3.94. The van der Waals surface area contributed by atoms with E-state index < -0.39 is 0 Å². The lowest BCUT2D eigenvalue weighted by Gasteiger charge is -2.24. The largest absolute Gasteiger partial charge is 0.459 e. The van der Waals surface area contributed by atoms with Crippen molar-refractivity contribution in [3.63, 3.8) is 0 Å². The molecule has 1 saturated heterocycles. The molecule has 128 valence electrons. The van der Waals surface area contributed by atoms with Gasteiger partial charge in [-0.2, -0.15) is 0 Å². The van der Waals surface area contributed by atoms with Crippen LogP contribution in [0.3, 0.4) is 0 Å². The van der Waals surface area contributed by atoms with Gasteiger partial charge in [0.2, 0.25) is 5.91 Å². The summed E-state index contributed by atoms with van der Waals surface area (Å²) in [6, 6.07) is 4.79. The number of anilines is 1. The maximum Gasteiger partial charge on any atom is 0.290 e. The normalized spacial score (nSPS) is 14.7. The predicted molar refractivity (Wildman–Crippen MR) is 85.4 cm³/mol. The molecule has 2 aromatic heterocycles. The van der Waals surface area contributed by atoms with Crippen LogP contribution in [0.5, 0.6) is 0 Å². The van der Waals surface area contributed by atoms with Crippen molar-refractivity contribution in [2.24, 2.45) is 0 Å². The van der Waals surface area contributed by atoms with Crippen LogP contribution in [0.15, 0.2) is 39.7 Å². The van der Waals surface area contributed by atoms with Gasteiger partial charge in [0.05, 0.1) is 6.26 Å². The average Bonchev–Trinajstić information content (AvgIpc) is 3.33. The fourth-order valence-corrected chi connectivity index (χ4v) is 2.71. The summed E-state index contributed by atoms with van der Waals surface area (Å²) >= 11 is 0. The first-order valence-corrected chi connectivity index (χ1v) is 7.98. The molecule has 2 aromatic rings. The van der Waals surface area contributed by atoms with E-state index in [0.717, 1.165) is 19.6 Å². The zero-order valence-electron chi connectivity index (χ0n) is 13.3. The molecule has 0 bridgehead atoms. The topological polar surface area (TPSA) is 91.8 Å². The predicted octanol–water partition coefficient (Wildman–Crippen LogP) is 1.44. The molecule has 0 unspecified atom stereocenters. The molecule has 0 saturated carbocycles. The molecule has 0 aliphatic carbocycles. The van der Waals surface area contributed by atoms with E-state index >= 15 is 0 Å². The lowest BCUT2D eigenvalue weighted by molar-refractivity contribution is -0.117. The number of rotatable bonds is 7. The van der Waals surface area contributed by atoms with Gasteiger partial charge in [-0.1, -0.05) is 5.16 Å². The number of furan rings is 1. The number of hydrogen-bond acceptors (Lipinski definition) is 6. The van der Waals surface area contributed by atoms with Crippen LogP contribution >= 0.6 is 0 Å². The summed E-state index contributed by atoms with van der Waals surface area (Å²) in [7, 11) is 0. The molecule has 8 heteroatoms. The number of likely N-dealkylation sites (tertiary alicyclic amines) is 1. The minimum absolute atomic E-state index is 0.0692. The molecule has 24 heavy (non-hydrogen) atoms. The van der Waals surface area contributed by atoms with Crippen LogP contribution < -0.4 is 5.32 Å². The number of aromatic nitrogens is 1. The van der Waals surface area contributed by atoms with Gasteiger partial charge < -0.3 is 24.1 Å². The van der Waals surface area contributed by atoms with Crippen molar-refractivity contribution in [3.05, 3.63) is 36.5 Å². The van der Waals surface area contributed by atoms with Gasteiger partial charge in [0.1, 0.15) is 12.8 Å². The number of amides is 2. The fourth-order valence-electron chi connectivity index (χ4n) is 2.71. The number of nitrogens with zero attached hydrogens (tertiary/aromatic N) is 3. The Labute approximate surface area is 139 Å². The molecule has 0 radical (unpaired) electrons. The second-order valence-electron chi connectivity index (χ2n) is 5.69. The maximum absolute atomic E-state index is 12.5. The molecule has 0 atom stereocenters. The smallest absolute Gasteiger partial charge is 0.290 e. The van der Waals surface area contributed by atoms with E-state index in [1.165, 1.54) is 30.3 Å². The number of nitrogens with one attached hydrogen (secondary N) is 1. The molecular formula is C16H20N4O4. The van der Waals surface area contributed by atoms with Gasteiger partial charge in [-0.15, -0.1) is 0 Å². The summed E-state index contributed by atoms with van der Waals surface area (Å²) in [5.74, 6) is -0.0738. The Hall–Kier alpha value is -2.61. The molecule has 3 rings (SSSR count). The zero-order chi connectivity index (χ0) is 16.8. The second-order valence-corrected chi connectivity index (χ2v) is 5.69. The summed E-state index contributed by atoms with van der Waals surface area (Å²) in [5, 5.41) is 6.23. The Morgan fingerprint density at radius 2 is 2.08 bits per heavy atom. The van der Waals surface area contributed by atoms with Crippen LogP contribution in [0.2, 0.25) is 0 Å². The third-order valence-electron chi connectivity index (χ3n) is 3.94. The Balaban J connectivity index is 1.61. The molecule has 0 spiro atoms. The highest BCUT2D eigenvalue weighted by Crippen LogP contribution is 2.10. The van der Waals surface area contributed by atoms with Crippen LogP contribution in [0.25, 0.3) is 0 Å². The van der Waals surface area contributed by atoms with Gasteiger partial charge in [-0.3, -0.25) is 9.59 Å². The van der Waals surface area contributed by atoms with E-state index in [4.69, 9.17) is 4.42 Å². The van der Waals surface area contributed by atoms with E-state index in [0.29, 0.717) is 12.4 Å². The van der Waals surface area contributed by atoms with E-state index in [1.807, 2.05) is 0 Å². The number of hydrogen-bond donors (Lipinski definition) is 1. The highest BCUT2D eigenvalue weighted by atomic mass is 16.5. The summed E-state index contributed by atoms with van der Waals surface area (Å²) < 4.78 is 9.85. The molecule has 1 aliphatic rings. The van der Waals surface area contributed by atoms with Crippen LogP contribution in [-0.4, -0.2) is 59.5 Å². The van der Waals surface area contributed by atoms with Gasteiger partial charge in [0.15, 0.2) is 11.6 Å². The quantitative estimate of drug-likeness (QED) is 0.825. The second kappa shape index (κ2) is 7.78. The van der Waals surface area contributed by atoms with Gasteiger partial charge in [0, 0.05) is 19.2 Å². The summed E-state index contributed by atoms with van der Waals surface area (Å²) in [6.45, 7) is 3.21. The Kier molecular flexibility index (Phi) is 5.27. The van der Waals surface area contributed by atoms with Crippen LogP contribution in [0.4, 0.5) is 5.82 Å². The molecule has 0 aromatic carbocycles. The zero-order valence-corrected chi connectivity index (χ0v) is 13.3. The van der Waals surface area contributed by atoms with E-state index in [-0.39, 0.29) is 24.1 Å². The van der Waals surface area contributed by atoms with E-state index in [1.54, 1.807) is 18.2 Å². The van der Waals surface area contributed by atoms with Crippen LogP contribution in [0, 0.1) is 0 Å². The van der Waals surface area contributed by atoms with Gasteiger partial charge in [-0.05, 0) is 38.1 Å². The molecule has 2 amide bonds. The third kappa shape index (κ3) is 4.23. The minimum atomic E-state index is -0.328. The lowest BCUT2D eigenvalue weighted by Crippen LogP contribution is -2.42. The van der Waals surface area contributed by atoms with Crippen molar-refractivity contribution in [2.45, 2.75) is 12.8 Å². The Bertz CT molecular complexity index is 648. The van der Waals surface area contributed by atoms with Gasteiger partial charge >= 0.3 is 0 Å². The highest BCUT2D eigenvalue weighted by molar-refractivity contribution is 5.97. The molecule has 1 fully saturated rings. The fraction of sp³-hybridized carbons (Fsp3) is 0.438. The Morgan fingerprint density at radius 3 is 2.75 bits per heavy atom. The first kappa shape index (κ1) is 16.3. The van der Waals surface area contributed by atoms with Crippen LogP contribution in [0.1, 0.15) is 23.4 Å². The molecule has 1 N–H and O–H groups in total. The van der Waals surface area contributed by atoms with Gasteiger partial charge in [0.25, 0.3) is 5.91 Å². The standard InChI is InChI=1S/C16H20N4O4/c21-15(17-14-5-11-24-18-14)12-20(9-8-19-6-1-2-7-19)16(22)13-4-3-10-23-13/h3-5,10-11H,1-2,6-9,12H2,(H,17,18,21). The number of carbonyl (C=O) groups excluding carboxylic acids is 2. The summed E-state index contributed by atoms with van der Waals surface area (Å²) in [6.07, 6.45) is 5.17. The van der Waals surface area contributed by atoms with Crippen molar-refractivity contribution >= 4 is 17.6 Å². The average molecular weight is 332 g/mol. The van der Waals surface area contributed by atoms with Crippen molar-refractivity contribution < 1.29 is 18.5 Å². The van der Waals surface area contributed by atoms with E-state index in [2.05, 4.69) is 19.9 Å². The first-order valence-electron chi connectivity index (χ1n) is 7.98. The van der Waals surface area contributed by atoms with Gasteiger partial charge in [-0.25, -0.2) is 0 Å². The molecule has 1 aliphatic heterocycles. The van der Waals surface area contributed by atoms with Crippen molar-refractivity contribution in [1.82, 2.24) is 15.0 Å². The highest BCUT2D eigenvalue weighted by Gasteiger charge is 2.22. The van der Waals surface area contributed by atoms with E-state index in [9.17, 15) is 9.59 Å². The minimum Gasteiger partial charge on any atom is -0.459 e. The maximum atomic E-state index is 12.5. The van der Waals surface area contributed by atoms with Crippen molar-refractivity contribution in [3.8, 4) is 0 Å².